The Bertz CT molecular complexity index is 444. The van der Waals surface area contributed by atoms with Crippen molar-refractivity contribution >= 4 is 17.4 Å². The molecule has 1 aromatic carbocycles. The van der Waals surface area contributed by atoms with Gasteiger partial charge in [0.05, 0.1) is 0 Å². The second kappa shape index (κ2) is 6.50. The van der Waals surface area contributed by atoms with Crippen LogP contribution in [0.5, 0.6) is 0 Å². The Balaban J connectivity index is 1.85. The lowest BCUT2D eigenvalue weighted by Gasteiger charge is -2.20. The largest absolute Gasteiger partial charge is 0.326 e. The maximum Gasteiger partial charge on any atom is 0.224 e. The minimum atomic E-state index is 0.0417. The first-order chi connectivity index (χ1) is 9.15. The summed E-state index contributed by atoms with van der Waals surface area (Å²) in [6.45, 7) is 1.54. The van der Waals surface area contributed by atoms with Crippen molar-refractivity contribution in [3.05, 3.63) is 29.8 Å². The van der Waals surface area contributed by atoms with E-state index in [0.717, 1.165) is 5.69 Å². The third-order valence-corrected chi connectivity index (χ3v) is 3.77. The van der Waals surface area contributed by atoms with E-state index < -0.39 is 0 Å². The number of amides is 1. The van der Waals surface area contributed by atoms with Crippen LogP contribution in [0.25, 0.3) is 0 Å². The van der Waals surface area contributed by atoms with E-state index in [9.17, 15) is 9.59 Å². The highest BCUT2D eigenvalue weighted by molar-refractivity contribution is 5.95. The van der Waals surface area contributed by atoms with Crippen LogP contribution in [0, 0.1) is 5.92 Å². The molecule has 1 aliphatic carbocycles. The summed E-state index contributed by atoms with van der Waals surface area (Å²) in [6.07, 6.45) is 6.79. The molecular weight excluding hydrogens is 238 g/mol. The molecule has 1 aliphatic rings. The number of carbonyl (C=O) groups excluding carboxylic acids is 2. The monoisotopic (exact) mass is 259 g/mol. The van der Waals surface area contributed by atoms with Crippen LogP contribution in [-0.4, -0.2) is 11.7 Å². The third-order valence-electron chi connectivity index (χ3n) is 3.77. The quantitative estimate of drug-likeness (QED) is 0.836. The average molecular weight is 259 g/mol. The molecule has 0 aromatic heterocycles. The molecule has 0 heterocycles. The van der Waals surface area contributed by atoms with Gasteiger partial charge in [0.25, 0.3) is 0 Å². The van der Waals surface area contributed by atoms with Gasteiger partial charge in [0.15, 0.2) is 5.78 Å². The number of anilines is 1. The number of carbonyl (C=O) groups is 2. The fourth-order valence-electron chi connectivity index (χ4n) is 2.65. The minimum Gasteiger partial charge on any atom is -0.326 e. The fraction of sp³-hybridized carbons (Fsp3) is 0.500. The van der Waals surface area contributed by atoms with Crippen molar-refractivity contribution in [2.24, 2.45) is 5.92 Å². The fourth-order valence-corrected chi connectivity index (χ4v) is 2.65. The molecule has 19 heavy (non-hydrogen) atoms. The molecule has 1 fully saturated rings. The van der Waals surface area contributed by atoms with Crippen LogP contribution in [-0.2, 0) is 4.79 Å². The number of Topliss-reactive ketones (excluding diaryl/α,β-unsaturated/α-hetero) is 1. The smallest absolute Gasteiger partial charge is 0.224 e. The Hall–Kier alpha value is -1.64. The normalized spacial score (nSPS) is 16.1. The van der Waals surface area contributed by atoms with Crippen LogP contribution in [0.3, 0.4) is 0 Å². The zero-order valence-electron chi connectivity index (χ0n) is 11.4. The lowest BCUT2D eigenvalue weighted by molar-refractivity contribution is -0.117. The maximum atomic E-state index is 11.9. The molecule has 1 amide bonds. The van der Waals surface area contributed by atoms with Crippen molar-refractivity contribution in [2.45, 2.75) is 45.4 Å². The predicted molar refractivity (Wildman–Crippen MR) is 76.3 cm³/mol. The molecule has 0 unspecified atom stereocenters. The predicted octanol–water partition coefficient (Wildman–Crippen LogP) is 3.80. The SMILES string of the molecule is CC(=O)c1ccc(NC(=O)CC2CCCCC2)cc1. The van der Waals surface area contributed by atoms with Crippen molar-refractivity contribution < 1.29 is 9.59 Å². The maximum absolute atomic E-state index is 11.9. The summed E-state index contributed by atoms with van der Waals surface area (Å²) in [4.78, 5) is 23.1. The molecule has 2 rings (SSSR count). The first kappa shape index (κ1) is 13.8. The molecule has 3 nitrogen and oxygen atoms in total. The van der Waals surface area contributed by atoms with Crippen LogP contribution in [0.15, 0.2) is 24.3 Å². The Labute approximate surface area is 114 Å². The summed E-state index contributed by atoms with van der Waals surface area (Å²) in [7, 11) is 0. The van der Waals surface area contributed by atoms with E-state index in [1.165, 1.54) is 39.0 Å². The standard InChI is InChI=1S/C16H21NO2/c1-12(18)14-7-9-15(10-8-14)17-16(19)11-13-5-3-2-4-6-13/h7-10,13H,2-6,11H2,1H3,(H,17,19). The van der Waals surface area contributed by atoms with E-state index in [1.54, 1.807) is 24.3 Å². The van der Waals surface area contributed by atoms with E-state index in [-0.39, 0.29) is 11.7 Å². The number of hydrogen-bond donors (Lipinski definition) is 1. The van der Waals surface area contributed by atoms with Gasteiger partial charge in [-0.25, -0.2) is 0 Å². The van der Waals surface area contributed by atoms with Gasteiger partial charge in [0.2, 0.25) is 5.91 Å². The van der Waals surface area contributed by atoms with Crippen molar-refractivity contribution in [3.63, 3.8) is 0 Å². The van der Waals surface area contributed by atoms with Crippen molar-refractivity contribution in [1.29, 1.82) is 0 Å². The second-order valence-electron chi connectivity index (χ2n) is 5.39. The minimum absolute atomic E-state index is 0.0417. The molecule has 3 heteroatoms. The molecular formula is C16H21NO2. The van der Waals surface area contributed by atoms with Crippen LogP contribution in [0.1, 0.15) is 55.8 Å². The molecule has 0 atom stereocenters. The summed E-state index contributed by atoms with van der Waals surface area (Å²) in [5.41, 5.74) is 1.44. The van der Waals surface area contributed by atoms with Crippen LogP contribution < -0.4 is 5.32 Å². The van der Waals surface area contributed by atoms with Gasteiger partial charge in [-0.15, -0.1) is 0 Å². The molecule has 0 radical (unpaired) electrons. The second-order valence-corrected chi connectivity index (χ2v) is 5.39. The van der Waals surface area contributed by atoms with Gasteiger partial charge in [-0.1, -0.05) is 19.3 Å². The first-order valence-corrected chi connectivity index (χ1v) is 7.06. The molecule has 102 valence electrons. The molecule has 0 spiro atoms. The molecule has 1 saturated carbocycles. The summed E-state index contributed by atoms with van der Waals surface area (Å²) >= 11 is 0. The van der Waals surface area contributed by atoms with Crippen LogP contribution in [0.2, 0.25) is 0 Å². The molecule has 0 aliphatic heterocycles. The van der Waals surface area contributed by atoms with Crippen molar-refractivity contribution in [1.82, 2.24) is 0 Å². The first-order valence-electron chi connectivity index (χ1n) is 7.06. The van der Waals surface area contributed by atoms with Gasteiger partial charge in [0, 0.05) is 17.7 Å². The summed E-state index contributed by atoms with van der Waals surface area (Å²) in [6, 6.07) is 7.07. The zero-order chi connectivity index (χ0) is 13.7. The number of benzene rings is 1. The average Bonchev–Trinajstić information content (AvgIpc) is 2.40. The lowest BCUT2D eigenvalue weighted by atomic mass is 9.87. The van der Waals surface area contributed by atoms with Gasteiger partial charge in [0.1, 0.15) is 0 Å². The zero-order valence-corrected chi connectivity index (χ0v) is 11.4. The van der Waals surface area contributed by atoms with Gasteiger partial charge in [-0.3, -0.25) is 9.59 Å². The summed E-state index contributed by atoms with van der Waals surface area (Å²) < 4.78 is 0. The molecule has 0 bridgehead atoms. The number of hydrogen-bond acceptors (Lipinski definition) is 2. The number of nitrogens with one attached hydrogen (secondary N) is 1. The van der Waals surface area contributed by atoms with Gasteiger partial charge < -0.3 is 5.32 Å². The molecule has 0 saturated heterocycles. The van der Waals surface area contributed by atoms with Gasteiger partial charge >= 0.3 is 0 Å². The summed E-state index contributed by atoms with van der Waals surface area (Å²) in [5.74, 6) is 0.674. The van der Waals surface area contributed by atoms with E-state index >= 15 is 0 Å². The highest BCUT2D eigenvalue weighted by atomic mass is 16.1. The highest BCUT2D eigenvalue weighted by Gasteiger charge is 2.16. The van der Waals surface area contributed by atoms with Crippen LogP contribution in [0.4, 0.5) is 5.69 Å². The van der Waals surface area contributed by atoms with E-state index in [1.807, 2.05) is 0 Å². The summed E-state index contributed by atoms with van der Waals surface area (Å²) in [5, 5.41) is 2.91. The van der Waals surface area contributed by atoms with Crippen molar-refractivity contribution in [2.75, 3.05) is 5.32 Å². The van der Waals surface area contributed by atoms with Crippen molar-refractivity contribution in [3.8, 4) is 0 Å². The van der Waals surface area contributed by atoms with E-state index in [2.05, 4.69) is 5.32 Å². The Morgan fingerprint density at radius 1 is 1.11 bits per heavy atom. The van der Waals surface area contributed by atoms with E-state index in [0.29, 0.717) is 17.9 Å². The molecule has 1 N–H and O–H groups in total. The van der Waals surface area contributed by atoms with Crippen LogP contribution >= 0.6 is 0 Å². The number of ketones is 1. The Morgan fingerprint density at radius 2 is 1.74 bits per heavy atom. The Kier molecular flexibility index (Phi) is 4.72. The lowest BCUT2D eigenvalue weighted by Crippen LogP contribution is -2.18. The third kappa shape index (κ3) is 4.19. The van der Waals surface area contributed by atoms with Gasteiger partial charge in [-0.2, -0.15) is 0 Å². The number of rotatable bonds is 4. The van der Waals surface area contributed by atoms with Gasteiger partial charge in [-0.05, 0) is 49.9 Å². The highest BCUT2D eigenvalue weighted by Crippen LogP contribution is 2.26. The van der Waals surface area contributed by atoms with E-state index in [4.69, 9.17) is 0 Å². The Morgan fingerprint density at radius 3 is 2.32 bits per heavy atom. The topological polar surface area (TPSA) is 46.2 Å². The molecule has 1 aromatic rings.